The van der Waals surface area contributed by atoms with Crippen LogP contribution in [0.25, 0.3) is 0 Å². The quantitative estimate of drug-likeness (QED) is 0.661. The van der Waals surface area contributed by atoms with Gasteiger partial charge in [-0.2, -0.15) is 0 Å². The highest BCUT2D eigenvalue weighted by molar-refractivity contribution is 5.16. The maximum absolute atomic E-state index is 10.2. The summed E-state index contributed by atoms with van der Waals surface area (Å²) in [7, 11) is 0. The number of ether oxygens (including phenoxy) is 1. The Balaban J connectivity index is 1.32. The van der Waals surface area contributed by atoms with Crippen LogP contribution in [0.2, 0.25) is 0 Å². The summed E-state index contributed by atoms with van der Waals surface area (Å²) in [6.07, 6.45) is 16.4. The van der Waals surface area contributed by atoms with Crippen LogP contribution in [0.4, 0.5) is 0 Å². The monoisotopic (exact) mass is 330 g/mol. The lowest BCUT2D eigenvalue weighted by Crippen LogP contribution is -2.55. The first-order valence-corrected chi connectivity index (χ1v) is 11.0. The molecule has 1 heterocycles. The van der Waals surface area contributed by atoms with Crippen molar-refractivity contribution < 1.29 is 9.84 Å². The van der Waals surface area contributed by atoms with Crippen molar-refractivity contribution in [2.75, 3.05) is 0 Å². The van der Waals surface area contributed by atoms with Crippen LogP contribution in [0, 0.1) is 40.4 Å². The van der Waals surface area contributed by atoms with E-state index in [0.29, 0.717) is 23.0 Å². The highest BCUT2D eigenvalue weighted by Crippen LogP contribution is 2.71. The molecule has 5 saturated carbocycles. The molecule has 134 valence electrons. The minimum atomic E-state index is -0.00675. The van der Waals surface area contributed by atoms with Crippen molar-refractivity contribution in [3.05, 3.63) is 0 Å². The van der Waals surface area contributed by atoms with Gasteiger partial charge in [0, 0.05) is 0 Å². The predicted octanol–water partition coefficient (Wildman–Crippen LogP) is 4.55. The van der Waals surface area contributed by atoms with Gasteiger partial charge >= 0.3 is 0 Å². The van der Waals surface area contributed by atoms with E-state index in [1.165, 1.54) is 57.8 Å². The van der Waals surface area contributed by atoms with Crippen molar-refractivity contribution in [2.45, 2.75) is 95.9 Å². The molecule has 6 aliphatic rings. The molecule has 6 fully saturated rings. The Hall–Kier alpha value is -0.0800. The molecule has 0 unspecified atom stereocenters. The normalized spacial score (nSPS) is 64.2. The number of epoxide rings is 1. The standard InChI is InChI=1S/C22H34O2/c1-21-9-6-14(23)12-13(21)2-3-15-16(21)7-10-22-11-8-19-20(24-19)18(22)5-4-17(15)22/h13-20,23H,2-12H2,1H3/t13-,14+,15+,16-,17-,18+,19-,20+,21-,22-/m0/s1. The van der Waals surface area contributed by atoms with Gasteiger partial charge in [0.2, 0.25) is 0 Å². The first-order valence-electron chi connectivity index (χ1n) is 11.0. The van der Waals surface area contributed by atoms with Crippen molar-refractivity contribution in [3.63, 3.8) is 0 Å². The molecule has 1 saturated heterocycles. The molecule has 1 spiro atoms. The Bertz CT molecular complexity index is 546. The Labute approximate surface area is 146 Å². The summed E-state index contributed by atoms with van der Waals surface area (Å²) in [4.78, 5) is 0. The lowest BCUT2D eigenvalue weighted by Gasteiger charge is -2.62. The van der Waals surface area contributed by atoms with Crippen molar-refractivity contribution in [3.8, 4) is 0 Å². The van der Waals surface area contributed by atoms with Crippen molar-refractivity contribution in [2.24, 2.45) is 40.4 Å². The highest BCUT2D eigenvalue weighted by atomic mass is 16.6. The van der Waals surface area contributed by atoms with Crippen LogP contribution in [-0.2, 0) is 4.74 Å². The first-order chi connectivity index (χ1) is 11.6. The molecule has 0 bridgehead atoms. The van der Waals surface area contributed by atoms with E-state index in [2.05, 4.69) is 6.92 Å². The van der Waals surface area contributed by atoms with E-state index in [-0.39, 0.29) is 6.10 Å². The molecule has 6 rings (SSSR count). The van der Waals surface area contributed by atoms with Crippen LogP contribution in [0.3, 0.4) is 0 Å². The number of hydrogen-bond donors (Lipinski definition) is 1. The molecule has 24 heavy (non-hydrogen) atoms. The Morgan fingerprint density at radius 1 is 0.833 bits per heavy atom. The molecule has 0 aromatic rings. The molecular weight excluding hydrogens is 296 g/mol. The number of aliphatic hydroxyl groups excluding tert-OH is 1. The molecule has 0 amide bonds. The van der Waals surface area contributed by atoms with Crippen LogP contribution in [0.15, 0.2) is 0 Å². The molecule has 0 aromatic carbocycles. The van der Waals surface area contributed by atoms with Crippen molar-refractivity contribution in [1.82, 2.24) is 0 Å². The van der Waals surface area contributed by atoms with Gasteiger partial charge in [0.05, 0.1) is 18.3 Å². The van der Waals surface area contributed by atoms with Gasteiger partial charge in [0.15, 0.2) is 0 Å². The third kappa shape index (κ3) is 1.76. The van der Waals surface area contributed by atoms with E-state index < -0.39 is 0 Å². The van der Waals surface area contributed by atoms with Crippen LogP contribution >= 0.6 is 0 Å². The van der Waals surface area contributed by atoms with E-state index in [4.69, 9.17) is 4.74 Å². The van der Waals surface area contributed by atoms with Crippen LogP contribution in [-0.4, -0.2) is 23.4 Å². The van der Waals surface area contributed by atoms with Gasteiger partial charge in [-0.25, -0.2) is 0 Å². The van der Waals surface area contributed by atoms with E-state index in [9.17, 15) is 5.11 Å². The summed E-state index contributed by atoms with van der Waals surface area (Å²) < 4.78 is 6.06. The third-order valence-electron chi connectivity index (χ3n) is 10.3. The minimum absolute atomic E-state index is 0.00675. The SMILES string of the molecule is C[C@]12CC[C@@H](O)C[C@@H]1CC[C@@H]1[C@@H]2CC[C@@]23CC[C@@H]4O[C@@H]4[C@H]2CC[C@@H]13. The van der Waals surface area contributed by atoms with Gasteiger partial charge in [-0.3, -0.25) is 0 Å². The Morgan fingerprint density at radius 2 is 1.67 bits per heavy atom. The van der Waals surface area contributed by atoms with E-state index in [0.717, 1.165) is 42.4 Å². The Morgan fingerprint density at radius 3 is 2.58 bits per heavy atom. The van der Waals surface area contributed by atoms with Gasteiger partial charge in [0.25, 0.3) is 0 Å². The van der Waals surface area contributed by atoms with E-state index >= 15 is 0 Å². The smallest absolute Gasteiger partial charge is 0.0875 e. The topological polar surface area (TPSA) is 32.8 Å². The highest BCUT2D eigenvalue weighted by Gasteiger charge is 2.67. The second-order valence-corrected chi connectivity index (χ2v) is 10.7. The summed E-state index contributed by atoms with van der Waals surface area (Å²) in [5, 5.41) is 10.2. The van der Waals surface area contributed by atoms with E-state index in [1.54, 1.807) is 0 Å². The summed E-state index contributed by atoms with van der Waals surface area (Å²) in [5.74, 6) is 4.68. The second kappa shape index (κ2) is 4.80. The van der Waals surface area contributed by atoms with Gasteiger partial charge in [-0.05, 0) is 111 Å². The fraction of sp³-hybridized carbons (Fsp3) is 1.00. The number of rotatable bonds is 0. The number of hydrogen-bond acceptors (Lipinski definition) is 2. The van der Waals surface area contributed by atoms with Gasteiger partial charge in [-0.15, -0.1) is 0 Å². The lowest BCUT2D eigenvalue weighted by molar-refractivity contribution is -0.134. The van der Waals surface area contributed by atoms with Crippen LogP contribution < -0.4 is 0 Å². The zero-order chi connectivity index (χ0) is 16.1. The second-order valence-electron chi connectivity index (χ2n) is 10.7. The zero-order valence-corrected chi connectivity index (χ0v) is 15.3. The molecule has 0 aromatic heterocycles. The van der Waals surface area contributed by atoms with Gasteiger partial charge in [-0.1, -0.05) is 6.92 Å². The predicted molar refractivity (Wildman–Crippen MR) is 93.4 cm³/mol. The average Bonchev–Trinajstić information content (AvgIpc) is 3.26. The maximum Gasteiger partial charge on any atom is 0.0875 e. The average molecular weight is 331 g/mol. The van der Waals surface area contributed by atoms with E-state index in [1.807, 2.05) is 0 Å². The fourth-order valence-corrected chi connectivity index (χ4v) is 9.23. The Kier molecular flexibility index (Phi) is 3.00. The summed E-state index contributed by atoms with van der Waals surface area (Å²) in [6.45, 7) is 2.62. The fourth-order valence-electron chi connectivity index (χ4n) is 9.23. The third-order valence-corrected chi connectivity index (χ3v) is 10.3. The number of fused-ring (bicyclic) bond motifs is 6. The summed E-state index contributed by atoms with van der Waals surface area (Å²) in [5.41, 5.74) is 1.21. The lowest BCUT2D eigenvalue weighted by atomic mass is 9.43. The van der Waals surface area contributed by atoms with Crippen molar-refractivity contribution >= 4 is 0 Å². The summed E-state index contributed by atoms with van der Waals surface area (Å²) in [6, 6.07) is 0. The zero-order valence-electron chi connectivity index (χ0n) is 15.3. The van der Waals surface area contributed by atoms with Crippen molar-refractivity contribution in [1.29, 1.82) is 0 Å². The summed E-state index contributed by atoms with van der Waals surface area (Å²) >= 11 is 0. The molecule has 2 heteroatoms. The molecule has 0 radical (unpaired) electrons. The van der Waals surface area contributed by atoms with Crippen LogP contribution in [0.5, 0.6) is 0 Å². The van der Waals surface area contributed by atoms with Crippen LogP contribution in [0.1, 0.15) is 77.6 Å². The molecule has 10 atom stereocenters. The minimum Gasteiger partial charge on any atom is -0.393 e. The van der Waals surface area contributed by atoms with Gasteiger partial charge < -0.3 is 9.84 Å². The molecule has 5 aliphatic carbocycles. The molecule has 2 nitrogen and oxygen atoms in total. The first kappa shape index (κ1) is 15.0. The molecular formula is C22H34O2. The number of aliphatic hydroxyl groups is 1. The largest absolute Gasteiger partial charge is 0.393 e. The van der Waals surface area contributed by atoms with Gasteiger partial charge in [0.1, 0.15) is 0 Å². The molecule has 1 aliphatic heterocycles. The maximum atomic E-state index is 10.2. The molecule has 1 N–H and O–H groups in total.